The van der Waals surface area contributed by atoms with E-state index in [1.54, 1.807) is 0 Å². The minimum absolute atomic E-state index is 0.894. The Labute approximate surface area is 334 Å². The van der Waals surface area contributed by atoms with Crippen LogP contribution in [0.25, 0.3) is 121 Å². The van der Waals surface area contributed by atoms with Gasteiger partial charge in [-0.25, -0.2) is 0 Å². The highest BCUT2D eigenvalue weighted by Gasteiger charge is 2.22. The molecule has 2 heterocycles. The molecule has 2 heteroatoms. The van der Waals surface area contributed by atoms with Gasteiger partial charge in [0.1, 0.15) is 22.3 Å². The van der Waals surface area contributed by atoms with E-state index in [0.29, 0.717) is 0 Å². The minimum atomic E-state index is 0.894. The van der Waals surface area contributed by atoms with Gasteiger partial charge in [-0.1, -0.05) is 164 Å². The van der Waals surface area contributed by atoms with Crippen molar-refractivity contribution >= 4 is 65.4 Å². The third kappa shape index (κ3) is 5.05. The first-order valence-corrected chi connectivity index (χ1v) is 19.8. The fourth-order valence-corrected chi connectivity index (χ4v) is 9.27. The van der Waals surface area contributed by atoms with Gasteiger partial charge in [0.25, 0.3) is 0 Å². The SMILES string of the molecule is c1ccc(-c2cccc(-c3ccccc3)c2-c2c3cccc(-c4ccc5oc6ccccc6c5c4)c3cc3c(-c4ccc5oc6ccccc6c5c4)cccc23)cc1. The largest absolute Gasteiger partial charge is 0.456 e. The zero-order chi connectivity index (χ0) is 38.2. The molecule has 2 aromatic heterocycles. The van der Waals surface area contributed by atoms with Crippen molar-refractivity contribution in [2.75, 3.05) is 0 Å². The third-order valence-corrected chi connectivity index (χ3v) is 11.9. The Kier molecular flexibility index (Phi) is 7.26. The summed E-state index contributed by atoms with van der Waals surface area (Å²) in [5.74, 6) is 0. The normalized spacial score (nSPS) is 11.8. The van der Waals surface area contributed by atoms with Crippen molar-refractivity contribution < 1.29 is 8.83 Å². The summed E-state index contributed by atoms with van der Waals surface area (Å²) in [6.45, 7) is 0. The van der Waals surface area contributed by atoms with Gasteiger partial charge in [-0.3, -0.25) is 0 Å². The quantitative estimate of drug-likeness (QED) is 0.164. The lowest BCUT2D eigenvalue weighted by Crippen LogP contribution is -1.95. The zero-order valence-corrected chi connectivity index (χ0v) is 31.4. The van der Waals surface area contributed by atoms with E-state index in [1.807, 2.05) is 24.3 Å². The zero-order valence-electron chi connectivity index (χ0n) is 31.4. The van der Waals surface area contributed by atoms with E-state index in [-0.39, 0.29) is 0 Å². The van der Waals surface area contributed by atoms with Crippen molar-refractivity contribution in [2.45, 2.75) is 0 Å². The lowest BCUT2D eigenvalue weighted by molar-refractivity contribution is 0.668. The van der Waals surface area contributed by atoms with Gasteiger partial charge in [0.05, 0.1) is 0 Å². The average molecular weight is 739 g/mol. The monoisotopic (exact) mass is 738 g/mol. The second-order valence-corrected chi connectivity index (χ2v) is 15.1. The van der Waals surface area contributed by atoms with Crippen LogP contribution in [-0.2, 0) is 0 Å². The number of rotatable bonds is 5. The Hall–Kier alpha value is -7.68. The van der Waals surface area contributed by atoms with Crippen LogP contribution in [-0.4, -0.2) is 0 Å². The van der Waals surface area contributed by atoms with Crippen molar-refractivity contribution in [2.24, 2.45) is 0 Å². The number of hydrogen-bond acceptors (Lipinski definition) is 2. The van der Waals surface area contributed by atoms with Crippen LogP contribution in [0.3, 0.4) is 0 Å². The molecule has 0 bridgehead atoms. The molecule has 0 spiro atoms. The summed E-state index contributed by atoms with van der Waals surface area (Å²) in [5.41, 5.74) is 15.5. The minimum Gasteiger partial charge on any atom is -0.456 e. The number of fused-ring (bicyclic) bond motifs is 8. The smallest absolute Gasteiger partial charge is 0.135 e. The van der Waals surface area contributed by atoms with Gasteiger partial charge in [0, 0.05) is 21.5 Å². The van der Waals surface area contributed by atoms with Crippen molar-refractivity contribution in [1.29, 1.82) is 0 Å². The van der Waals surface area contributed by atoms with E-state index >= 15 is 0 Å². The summed E-state index contributed by atoms with van der Waals surface area (Å²) in [7, 11) is 0. The van der Waals surface area contributed by atoms with Crippen LogP contribution in [0.1, 0.15) is 0 Å². The molecule has 0 saturated heterocycles. The number of para-hydroxylation sites is 2. The van der Waals surface area contributed by atoms with Crippen LogP contribution in [0, 0.1) is 0 Å². The van der Waals surface area contributed by atoms with Gasteiger partial charge in [-0.05, 0) is 120 Å². The fraction of sp³-hybridized carbons (Fsp3) is 0. The first-order valence-electron chi connectivity index (χ1n) is 19.8. The van der Waals surface area contributed by atoms with Crippen molar-refractivity contribution in [1.82, 2.24) is 0 Å². The van der Waals surface area contributed by atoms with Gasteiger partial charge < -0.3 is 8.83 Å². The summed E-state index contributed by atoms with van der Waals surface area (Å²) in [4.78, 5) is 0. The van der Waals surface area contributed by atoms with E-state index < -0.39 is 0 Å². The Balaban J connectivity index is 1.22. The van der Waals surface area contributed by atoms with Crippen LogP contribution in [0.5, 0.6) is 0 Å². The highest BCUT2D eigenvalue weighted by atomic mass is 16.3. The van der Waals surface area contributed by atoms with E-state index in [0.717, 1.165) is 55.0 Å². The molecule has 12 aromatic rings. The third-order valence-electron chi connectivity index (χ3n) is 11.9. The molecule has 2 nitrogen and oxygen atoms in total. The summed E-state index contributed by atoms with van der Waals surface area (Å²) in [5, 5.41) is 9.29. The molecule has 0 atom stereocenters. The molecule has 58 heavy (non-hydrogen) atoms. The molecule has 0 radical (unpaired) electrons. The first-order chi connectivity index (χ1) is 28.8. The lowest BCUT2D eigenvalue weighted by Gasteiger charge is -2.22. The summed E-state index contributed by atoms with van der Waals surface area (Å²) >= 11 is 0. The molecular weight excluding hydrogens is 705 g/mol. The predicted octanol–water partition coefficient (Wildman–Crippen LogP) is 16.1. The maximum absolute atomic E-state index is 6.29. The van der Waals surface area contributed by atoms with Crippen molar-refractivity contribution in [3.63, 3.8) is 0 Å². The molecule has 0 fully saturated rings. The van der Waals surface area contributed by atoms with E-state index in [2.05, 4.69) is 182 Å². The molecule has 0 aliphatic heterocycles. The maximum Gasteiger partial charge on any atom is 0.135 e. The molecule has 0 amide bonds. The Morgan fingerprint density at radius 2 is 0.603 bits per heavy atom. The van der Waals surface area contributed by atoms with Crippen LogP contribution in [0.15, 0.2) is 215 Å². The molecule has 0 saturated carbocycles. The molecule has 270 valence electrons. The topological polar surface area (TPSA) is 26.3 Å². The van der Waals surface area contributed by atoms with Crippen LogP contribution in [0.4, 0.5) is 0 Å². The number of hydrogen-bond donors (Lipinski definition) is 0. The lowest BCUT2D eigenvalue weighted by atomic mass is 9.81. The van der Waals surface area contributed by atoms with Crippen molar-refractivity contribution in [3.05, 3.63) is 206 Å². The van der Waals surface area contributed by atoms with Gasteiger partial charge in [-0.2, -0.15) is 0 Å². The molecule has 0 aliphatic rings. The molecule has 0 unspecified atom stereocenters. The Bertz CT molecular complexity index is 3320. The number of furan rings is 2. The average Bonchev–Trinajstić information content (AvgIpc) is 3.86. The van der Waals surface area contributed by atoms with Gasteiger partial charge >= 0.3 is 0 Å². The summed E-state index contributed by atoms with van der Waals surface area (Å²) < 4.78 is 12.6. The highest BCUT2D eigenvalue weighted by Crippen LogP contribution is 2.49. The van der Waals surface area contributed by atoms with Gasteiger partial charge in [-0.15, -0.1) is 0 Å². The molecule has 0 N–H and O–H groups in total. The second-order valence-electron chi connectivity index (χ2n) is 15.1. The fourth-order valence-electron chi connectivity index (χ4n) is 9.27. The molecular formula is C56H34O2. The van der Waals surface area contributed by atoms with E-state index in [9.17, 15) is 0 Å². The van der Waals surface area contributed by atoms with Crippen LogP contribution in [0.2, 0.25) is 0 Å². The van der Waals surface area contributed by atoms with Crippen LogP contribution < -0.4 is 0 Å². The second kappa shape index (κ2) is 12.9. The van der Waals surface area contributed by atoms with Gasteiger partial charge in [0.15, 0.2) is 0 Å². The van der Waals surface area contributed by atoms with Gasteiger partial charge in [0.2, 0.25) is 0 Å². The summed E-state index contributed by atoms with van der Waals surface area (Å²) in [6, 6.07) is 74.4. The van der Waals surface area contributed by atoms with E-state index in [1.165, 1.54) is 66.1 Å². The van der Waals surface area contributed by atoms with E-state index in [4.69, 9.17) is 8.83 Å². The number of benzene rings is 10. The molecule has 12 rings (SSSR count). The maximum atomic E-state index is 6.29. The van der Waals surface area contributed by atoms with Crippen molar-refractivity contribution in [3.8, 4) is 55.6 Å². The summed E-state index contributed by atoms with van der Waals surface area (Å²) in [6.07, 6.45) is 0. The standard InChI is InChI=1S/C56H34O2/c1-3-14-35(15-4-1)41-22-13-23-42(36-16-5-2-6-17-36)55(41)56-45-24-11-20-39(37-28-30-53-49(32-37)43-18-7-9-26-51(43)57-53)47(45)34-48-40(21-12-25-46(48)56)38-29-31-54-50(33-38)44-19-8-10-27-52(44)58-54/h1-34H. The molecule has 10 aromatic carbocycles. The highest BCUT2D eigenvalue weighted by molar-refractivity contribution is 6.22. The Morgan fingerprint density at radius 1 is 0.207 bits per heavy atom. The molecule has 0 aliphatic carbocycles. The first kappa shape index (κ1) is 32.6. The van der Waals surface area contributed by atoms with Crippen LogP contribution >= 0.6 is 0 Å². The Morgan fingerprint density at radius 3 is 1.10 bits per heavy atom. The predicted molar refractivity (Wildman–Crippen MR) is 243 cm³/mol.